The van der Waals surface area contributed by atoms with E-state index in [0.29, 0.717) is 12.0 Å². The lowest BCUT2D eigenvalue weighted by Crippen LogP contribution is -2.10. The number of ketones is 1. The third kappa shape index (κ3) is 4.51. The molecule has 0 aromatic heterocycles. The quantitative estimate of drug-likeness (QED) is 0.771. The van der Waals surface area contributed by atoms with Crippen LogP contribution in [0.2, 0.25) is 0 Å². The zero-order valence-corrected chi connectivity index (χ0v) is 10.6. The number of carbonyl (C=O) groups excluding carboxylic acids is 1. The summed E-state index contributed by atoms with van der Waals surface area (Å²) in [6.07, 6.45) is -2.95. The summed E-state index contributed by atoms with van der Waals surface area (Å²) in [5, 5.41) is 0. The van der Waals surface area contributed by atoms with Crippen LogP contribution in [0.5, 0.6) is 0 Å². The van der Waals surface area contributed by atoms with E-state index >= 15 is 0 Å². The fourth-order valence-electron chi connectivity index (χ4n) is 1.69. The van der Waals surface area contributed by atoms with Gasteiger partial charge < -0.3 is 0 Å². The van der Waals surface area contributed by atoms with Crippen molar-refractivity contribution in [2.45, 2.75) is 39.3 Å². The molecule has 0 aliphatic rings. The van der Waals surface area contributed by atoms with Gasteiger partial charge in [0.1, 0.15) is 5.78 Å². The zero-order valence-electron chi connectivity index (χ0n) is 10.6. The van der Waals surface area contributed by atoms with Crippen LogP contribution in [0.15, 0.2) is 24.3 Å². The highest BCUT2D eigenvalue weighted by Gasteiger charge is 2.30. The number of alkyl halides is 3. The van der Waals surface area contributed by atoms with Crippen LogP contribution in [0, 0.1) is 5.92 Å². The minimum Gasteiger partial charge on any atom is -0.299 e. The van der Waals surface area contributed by atoms with Crippen molar-refractivity contribution in [1.29, 1.82) is 0 Å². The van der Waals surface area contributed by atoms with Gasteiger partial charge in [-0.05, 0) is 17.5 Å². The van der Waals surface area contributed by atoms with Crippen LogP contribution in [-0.4, -0.2) is 5.78 Å². The maximum atomic E-state index is 12.5. The summed E-state index contributed by atoms with van der Waals surface area (Å²) in [6.45, 7) is 3.95. The first-order valence-corrected chi connectivity index (χ1v) is 6.00. The molecule has 1 rings (SSSR count). The number of hydrogen-bond acceptors (Lipinski definition) is 1. The van der Waals surface area contributed by atoms with Gasteiger partial charge in [-0.15, -0.1) is 0 Å². The lowest BCUT2D eigenvalue weighted by atomic mass is 9.97. The molecule has 0 aliphatic carbocycles. The van der Waals surface area contributed by atoms with E-state index in [1.54, 1.807) is 6.07 Å². The third-order valence-corrected chi connectivity index (χ3v) is 2.93. The Balaban J connectivity index is 2.71. The molecule has 1 aromatic carbocycles. The molecule has 1 aromatic rings. The summed E-state index contributed by atoms with van der Waals surface area (Å²) in [6, 6.07) is 4.97. The predicted octanol–water partition coefficient (Wildman–Crippen LogP) is 4.25. The largest absolute Gasteiger partial charge is 0.416 e. The molecular formula is C14H17F3O. The van der Waals surface area contributed by atoms with Gasteiger partial charge in [0, 0.05) is 12.8 Å². The number of rotatable bonds is 5. The van der Waals surface area contributed by atoms with Crippen LogP contribution in [-0.2, 0) is 17.4 Å². The van der Waals surface area contributed by atoms with Gasteiger partial charge in [0.25, 0.3) is 0 Å². The second kappa shape index (κ2) is 6.03. The number of carbonyl (C=O) groups is 1. The highest BCUT2D eigenvalue weighted by atomic mass is 19.4. The maximum Gasteiger partial charge on any atom is 0.416 e. The van der Waals surface area contributed by atoms with Crippen molar-refractivity contribution >= 4 is 5.78 Å². The molecule has 0 N–H and O–H groups in total. The van der Waals surface area contributed by atoms with E-state index in [0.717, 1.165) is 18.6 Å². The summed E-state index contributed by atoms with van der Waals surface area (Å²) in [5.74, 6) is 0.270. The highest BCUT2D eigenvalue weighted by Crippen LogP contribution is 2.29. The Morgan fingerprint density at radius 2 is 2.00 bits per heavy atom. The lowest BCUT2D eigenvalue weighted by molar-refractivity contribution is -0.137. The molecule has 18 heavy (non-hydrogen) atoms. The summed E-state index contributed by atoms with van der Waals surface area (Å²) in [5.41, 5.74) is -0.269. The van der Waals surface area contributed by atoms with Crippen LogP contribution in [0.4, 0.5) is 13.2 Å². The van der Waals surface area contributed by atoms with E-state index in [4.69, 9.17) is 0 Å². The Morgan fingerprint density at radius 1 is 1.33 bits per heavy atom. The minimum absolute atomic E-state index is 0.0105. The van der Waals surface area contributed by atoms with Crippen LogP contribution < -0.4 is 0 Å². The van der Waals surface area contributed by atoms with Gasteiger partial charge in [-0.3, -0.25) is 4.79 Å². The van der Waals surface area contributed by atoms with Gasteiger partial charge in [-0.2, -0.15) is 13.2 Å². The monoisotopic (exact) mass is 258 g/mol. The second-order valence-corrected chi connectivity index (χ2v) is 4.63. The third-order valence-electron chi connectivity index (χ3n) is 2.93. The molecule has 0 spiro atoms. The smallest absolute Gasteiger partial charge is 0.299 e. The van der Waals surface area contributed by atoms with Crippen molar-refractivity contribution in [3.05, 3.63) is 35.4 Å². The molecule has 4 heteroatoms. The molecule has 0 radical (unpaired) electrons. The average Bonchev–Trinajstić information content (AvgIpc) is 2.27. The Kier molecular flexibility index (Phi) is 4.93. The van der Waals surface area contributed by atoms with Crippen molar-refractivity contribution in [2.75, 3.05) is 0 Å². The first-order valence-electron chi connectivity index (χ1n) is 6.00. The number of Topliss-reactive ketones (excluding diaryl/α,β-unsaturated/α-hetero) is 1. The lowest BCUT2D eigenvalue weighted by Gasteiger charge is -2.10. The van der Waals surface area contributed by atoms with Crippen molar-refractivity contribution < 1.29 is 18.0 Å². The van der Waals surface area contributed by atoms with Crippen LogP contribution in [0.3, 0.4) is 0 Å². The molecule has 0 bridgehead atoms. The van der Waals surface area contributed by atoms with E-state index < -0.39 is 11.7 Å². The van der Waals surface area contributed by atoms with Crippen LogP contribution in [0.1, 0.15) is 37.8 Å². The molecule has 0 aliphatic heterocycles. The normalized spacial score (nSPS) is 13.4. The van der Waals surface area contributed by atoms with Crippen LogP contribution in [0.25, 0.3) is 0 Å². The molecule has 1 unspecified atom stereocenters. The summed E-state index contributed by atoms with van der Waals surface area (Å²) in [7, 11) is 0. The first kappa shape index (κ1) is 14.7. The SMILES string of the molecule is CCC(C)CC(=O)Cc1cccc(C(F)(F)F)c1. The molecule has 1 atom stereocenters. The van der Waals surface area contributed by atoms with Gasteiger partial charge >= 0.3 is 6.18 Å². The van der Waals surface area contributed by atoms with E-state index in [9.17, 15) is 18.0 Å². The maximum absolute atomic E-state index is 12.5. The Bertz CT molecular complexity index is 410. The van der Waals surface area contributed by atoms with Crippen molar-refractivity contribution in [2.24, 2.45) is 5.92 Å². The second-order valence-electron chi connectivity index (χ2n) is 4.63. The van der Waals surface area contributed by atoms with E-state index in [1.807, 2.05) is 13.8 Å². The molecule has 0 saturated heterocycles. The van der Waals surface area contributed by atoms with Crippen molar-refractivity contribution in [3.63, 3.8) is 0 Å². The van der Waals surface area contributed by atoms with Gasteiger partial charge in [0.05, 0.1) is 5.56 Å². The van der Waals surface area contributed by atoms with Gasteiger partial charge in [0.2, 0.25) is 0 Å². The van der Waals surface area contributed by atoms with Gasteiger partial charge in [0.15, 0.2) is 0 Å². The number of benzene rings is 1. The standard InChI is InChI=1S/C14H17F3O/c1-3-10(2)7-13(18)9-11-5-4-6-12(8-11)14(15,16)17/h4-6,8,10H,3,7,9H2,1-2H3. The minimum atomic E-state index is -4.35. The molecule has 0 saturated carbocycles. The Morgan fingerprint density at radius 3 is 2.56 bits per heavy atom. The fraction of sp³-hybridized carbons (Fsp3) is 0.500. The number of halogens is 3. The van der Waals surface area contributed by atoms with Crippen molar-refractivity contribution in [1.82, 2.24) is 0 Å². The predicted molar refractivity (Wildman–Crippen MR) is 64.2 cm³/mol. The molecule has 1 nitrogen and oxygen atoms in total. The number of hydrogen-bond donors (Lipinski definition) is 0. The molecule has 100 valence electrons. The molecule has 0 fully saturated rings. The summed E-state index contributed by atoms with van der Waals surface area (Å²) in [4.78, 5) is 11.7. The Hall–Kier alpha value is -1.32. The topological polar surface area (TPSA) is 17.1 Å². The summed E-state index contributed by atoms with van der Waals surface area (Å²) < 4.78 is 37.5. The van der Waals surface area contributed by atoms with E-state index in [2.05, 4.69) is 0 Å². The highest BCUT2D eigenvalue weighted by molar-refractivity contribution is 5.81. The van der Waals surface area contributed by atoms with Crippen molar-refractivity contribution in [3.8, 4) is 0 Å². The molecular weight excluding hydrogens is 241 g/mol. The Labute approximate surface area is 105 Å². The zero-order chi connectivity index (χ0) is 13.8. The first-order chi connectivity index (χ1) is 8.32. The van der Waals surface area contributed by atoms with E-state index in [-0.39, 0.29) is 18.1 Å². The van der Waals surface area contributed by atoms with Crippen LogP contribution >= 0.6 is 0 Å². The molecule has 0 heterocycles. The average molecular weight is 258 g/mol. The van der Waals surface area contributed by atoms with Gasteiger partial charge in [-0.1, -0.05) is 38.5 Å². The molecule has 0 amide bonds. The van der Waals surface area contributed by atoms with Gasteiger partial charge in [-0.25, -0.2) is 0 Å². The summed E-state index contributed by atoms with van der Waals surface area (Å²) >= 11 is 0. The fourth-order valence-corrected chi connectivity index (χ4v) is 1.69. The van der Waals surface area contributed by atoms with E-state index in [1.165, 1.54) is 6.07 Å².